The smallest absolute Gasteiger partial charge is 0.261 e. The number of nitrogens with one attached hydrogen (secondary N) is 1. The van der Waals surface area contributed by atoms with Gasteiger partial charge < -0.3 is 14.4 Å². The fourth-order valence-corrected chi connectivity index (χ4v) is 2.99. The van der Waals surface area contributed by atoms with E-state index in [4.69, 9.17) is 14.3 Å². The van der Waals surface area contributed by atoms with Gasteiger partial charge in [0.2, 0.25) is 0 Å². The van der Waals surface area contributed by atoms with Crippen molar-refractivity contribution < 1.29 is 9.05 Å². The summed E-state index contributed by atoms with van der Waals surface area (Å²) in [6, 6.07) is 2.71. The highest BCUT2D eigenvalue weighted by Gasteiger charge is 2.26. The van der Waals surface area contributed by atoms with Gasteiger partial charge in [0.15, 0.2) is 0 Å². The summed E-state index contributed by atoms with van der Waals surface area (Å²) in [4.78, 5) is 0. The molecular weight excluding hydrogens is 249 g/mol. The first-order valence-corrected chi connectivity index (χ1v) is 7.23. The van der Waals surface area contributed by atoms with Crippen LogP contribution in [0.3, 0.4) is 0 Å². The van der Waals surface area contributed by atoms with Crippen LogP contribution in [-0.2, 0) is 9.05 Å². The van der Waals surface area contributed by atoms with Gasteiger partial charge in [-0.15, -0.1) is 0 Å². The Kier molecular flexibility index (Phi) is 9.90. The van der Waals surface area contributed by atoms with E-state index < -0.39 is 8.53 Å². The van der Waals surface area contributed by atoms with E-state index in [0.29, 0.717) is 31.8 Å². The zero-order valence-corrected chi connectivity index (χ0v) is 12.6. The second-order valence-corrected chi connectivity index (χ2v) is 5.68. The van der Waals surface area contributed by atoms with Crippen LogP contribution in [0.1, 0.15) is 34.1 Å². The zero-order valence-electron chi connectivity index (χ0n) is 11.7. The summed E-state index contributed by atoms with van der Waals surface area (Å²) in [6.45, 7) is 12.7. The Hall–Kier alpha value is -0.660. The van der Waals surface area contributed by atoms with E-state index in [1.54, 1.807) is 6.20 Å². The molecule has 0 saturated heterocycles. The zero-order chi connectivity index (χ0) is 14.0. The molecule has 0 aliphatic carbocycles. The first-order chi connectivity index (χ1) is 8.54. The van der Waals surface area contributed by atoms with Crippen LogP contribution < -0.4 is 5.32 Å². The van der Waals surface area contributed by atoms with Gasteiger partial charge in [-0.1, -0.05) is 6.58 Å². The standard InChI is InChI=1S/C12H24N3O2P/c1-6-14-10-17-18(16-9-7-8-13)15(11(2)3)12(4)5/h6,11-12,14H,1,7,9-10H2,2-5H3. The van der Waals surface area contributed by atoms with E-state index in [1.165, 1.54) is 0 Å². The molecule has 104 valence electrons. The summed E-state index contributed by atoms with van der Waals surface area (Å²) < 4.78 is 13.6. The lowest BCUT2D eigenvalue weighted by atomic mass is 10.3. The van der Waals surface area contributed by atoms with Gasteiger partial charge in [0.05, 0.1) is 19.1 Å². The van der Waals surface area contributed by atoms with Crippen LogP contribution in [-0.4, -0.2) is 30.1 Å². The number of hydrogen-bond acceptors (Lipinski definition) is 5. The SMILES string of the molecule is C=CNCOP(OCCC#N)N(C(C)C)C(C)C. The van der Waals surface area contributed by atoms with Crippen molar-refractivity contribution in [2.24, 2.45) is 0 Å². The van der Waals surface area contributed by atoms with Crippen molar-refractivity contribution in [3.05, 3.63) is 12.8 Å². The third-order valence-electron chi connectivity index (χ3n) is 2.06. The number of rotatable bonds is 10. The summed E-state index contributed by atoms with van der Waals surface area (Å²) in [5.74, 6) is 0. The Labute approximate surface area is 112 Å². The topological polar surface area (TPSA) is 57.5 Å². The molecule has 0 saturated carbocycles. The molecule has 0 aliphatic heterocycles. The molecule has 0 rings (SSSR count). The van der Waals surface area contributed by atoms with Crippen LogP contribution in [0.4, 0.5) is 0 Å². The average molecular weight is 273 g/mol. The Morgan fingerprint density at radius 2 is 1.94 bits per heavy atom. The molecule has 0 aromatic rings. The van der Waals surface area contributed by atoms with E-state index in [0.717, 1.165) is 0 Å². The lowest BCUT2D eigenvalue weighted by molar-refractivity contribution is 0.172. The highest BCUT2D eigenvalue weighted by molar-refractivity contribution is 7.44. The van der Waals surface area contributed by atoms with Crippen LogP contribution in [0.5, 0.6) is 0 Å². The summed E-state index contributed by atoms with van der Waals surface area (Å²) in [5, 5.41) is 11.4. The lowest BCUT2D eigenvalue weighted by Crippen LogP contribution is -2.34. The van der Waals surface area contributed by atoms with Crippen LogP contribution >= 0.6 is 8.53 Å². The molecule has 0 aliphatic rings. The van der Waals surface area contributed by atoms with Crippen LogP contribution in [0, 0.1) is 11.3 Å². The van der Waals surface area contributed by atoms with Crippen molar-refractivity contribution in [3.63, 3.8) is 0 Å². The minimum Gasteiger partial charge on any atom is -0.369 e. The van der Waals surface area contributed by atoms with E-state index >= 15 is 0 Å². The number of nitrogens with zero attached hydrogens (tertiary/aromatic N) is 2. The first kappa shape index (κ1) is 17.3. The number of nitriles is 1. The van der Waals surface area contributed by atoms with E-state index in [-0.39, 0.29) is 0 Å². The average Bonchev–Trinajstić information content (AvgIpc) is 2.28. The molecule has 1 atom stereocenters. The maximum absolute atomic E-state index is 8.55. The quantitative estimate of drug-likeness (QED) is 0.377. The van der Waals surface area contributed by atoms with Crippen molar-refractivity contribution in [2.75, 3.05) is 13.3 Å². The van der Waals surface area contributed by atoms with Gasteiger partial charge in [-0.3, -0.25) is 0 Å². The minimum atomic E-state index is -1.15. The highest BCUT2D eigenvalue weighted by atomic mass is 31.2. The molecule has 6 heteroatoms. The molecule has 0 aromatic carbocycles. The van der Waals surface area contributed by atoms with Crippen LogP contribution in [0.25, 0.3) is 0 Å². The highest BCUT2D eigenvalue weighted by Crippen LogP contribution is 2.45. The molecule has 0 amide bonds. The molecule has 0 spiro atoms. The molecule has 0 aromatic heterocycles. The van der Waals surface area contributed by atoms with E-state index in [2.05, 4.69) is 50.3 Å². The summed E-state index contributed by atoms with van der Waals surface area (Å²) in [6.07, 6.45) is 1.96. The maximum Gasteiger partial charge on any atom is 0.261 e. The summed E-state index contributed by atoms with van der Waals surface area (Å²) in [7, 11) is -1.15. The Morgan fingerprint density at radius 1 is 1.33 bits per heavy atom. The van der Waals surface area contributed by atoms with Gasteiger partial charge in [-0.25, -0.2) is 4.67 Å². The fourth-order valence-electron chi connectivity index (χ4n) is 1.46. The van der Waals surface area contributed by atoms with Gasteiger partial charge in [0.1, 0.15) is 6.73 Å². The molecule has 0 fully saturated rings. The van der Waals surface area contributed by atoms with Crippen LogP contribution in [0.15, 0.2) is 12.8 Å². The Balaban J connectivity index is 4.48. The van der Waals surface area contributed by atoms with Crippen molar-refractivity contribution in [1.29, 1.82) is 5.26 Å². The normalized spacial score (nSPS) is 12.8. The molecule has 0 heterocycles. The van der Waals surface area contributed by atoms with Gasteiger partial charge in [-0.05, 0) is 33.9 Å². The molecular formula is C12H24N3O2P. The molecule has 5 nitrogen and oxygen atoms in total. The minimum absolute atomic E-state index is 0.321. The largest absolute Gasteiger partial charge is 0.369 e. The van der Waals surface area contributed by atoms with E-state index in [1.807, 2.05) is 0 Å². The molecule has 1 N–H and O–H groups in total. The van der Waals surface area contributed by atoms with E-state index in [9.17, 15) is 0 Å². The Morgan fingerprint density at radius 3 is 2.39 bits per heavy atom. The summed E-state index contributed by atoms with van der Waals surface area (Å²) >= 11 is 0. The maximum atomic E-state index is 8.55. The second-order valence-electron chi connectivity index (χ2n) is 4.23. The van der Waals surface area contributed by atoms with Crippen molar-refractivity contribution >= 4 is 8.53 Å². The molecule has 0 radical (unpaired) electrons. The predicted molar refractivity (Wildman–Crippen MR) is 74.5 cm³/mol. The van der Waals surface area contributed by atoms with Gasteiger partial charge in [0, 0.05) is 12.1 Å². The monoisotopic (exact) mass is 273 g/mol. The predicted octanol–water partition coefficient (Wildman–Crippen LogP) is 2.97. The first-order valence-electron chi connectivity index (χ1n) is 6.10. The molecule has 0 bridgehead atoms. The third kappa shape index (κ3) is 6.93. The van der Waals surface area contributed by atoms with Gasteiger partial charge in [-0.2, -0.15) is 5.26 Å². The molecule has 18 heavy (non-hydrogen) atoms. The van der Waals surface area contributed by atoms with Gasteiger partial charge >= 0.3 is 0 Å². The van der Waals surface area contributed by atoms with Gasteiger partial charge in [0.25, 0.3) is 8.53 Å². The van der Waals surface area contributed by atoms with Crippen molar-refractivity contribution in [2.45, 2.75) is 46.2 Å². The van der Waals surface area contributed by atoms with Crippen molar-refractivity contribution in [1.82, 2.24) is 9.99 Å². The second kappa shape index (κ2) is 10.3. The third-order valence-corrected chi connectivity index (χ3v) is 4.12. The lowest BCUT2D eigenvalue weighted by Gasteiger charge is -2.35. The molecule has 1 unspecified atom stereocenters. The summed E-state index contributed by atoms with van der Waals surface area (Å²) in [5.41, 5.74) is 0. The van der Waals surface area contributed by atoms with Crippen molar-refractivity contribution in [3.8, 4) is 6.07 Å². The fraction of sp³-hybridized carbons (Fsp3) is 0.750. The van der Waals surface area contributed by atoms with Crippen LogP contribution in [0.2, 0.25) is 0 Å². The Bertz CT molecular complexity index is 259. The number of hydrogen-bond donors (Lipinski definition) is 1.